The summed E-state index contributed by atoms with van der Waals surface area (Å²) in [5.41, 5.74) is 11.9. The monoisotopic (exact) mass is 256 g/mol. The van der Waals surface area contributed by atoms with Crippen LogP contribution < -0.4 is 5.73 Å². The van der Waals surface area contributed by atoms with Crippen molar-refractivity contribution in [2.75, 3.05) is 5.73 Å². The van der Waals surface area contributed by atoms with Crippen molar-refractivity contribution < 1.29 is 0 Å². The Hall–Kier alpha value is -1.70. The van der Waals surface area contributed by atoms with Crippen molar-refractivity contribution in [1.29, 1.82) is 0 Å². The number of rotatable bonds is 4. The zero-order valence-electron chi connectivity index (χ0n) is 12.4. The maximum absolute atomic E-state index is 6.05. The number of anilines is 1. The van der Waals surface area contributed by atoms with E-state index in [1.54, 1.807) is 0 Å². The molecule has 0 aliphatic rings. The maximum atomic E-state index is 6.05. The second kappa shape index (κ2) is 5.52. The van der Waals surface area contributed by atoms with Gasteiger partial charge < -0.3 is 10.3 Å². The minimum Gasteiger partial charge on any atom is -0.398 e. The lowest BCUT2D eigenvalue weighted by Gasteiger charge is -2.17. The van der Waals surface area contributed by atoms with Crippen molar-refractivity contribution in [3.63, 3.8) is 0 Å². The number of benzene rings is 1. The smallest absolute Gasteiger partial charge is 0.0475 e. The van der Waals surface area contributed by atoms with Gasteiger partial charge in [-0.3, -0.25) is 0 Å². The molecule has 0 amide bonds. The van der Waals surface area contributed by atoms with Gasteiger partial charge in [0, 0.05) is 22.8 Å². The number of hydrogen-bond donors (Lipinski definition) is 1. The van der Waals surface area contributed by atoms with Gasteiger partial charge in [-0.05, 0) is 56.0 Å². The van der Waals surface area contributed by atoms with Gasteiger partial charge in [0.15, 0.2) is 0 Å². The third-order valence-corrected chi connectivity index (χ3v) is 3.85. The van der Waals surface area contributed by atoms with Gasteiger partial charge in [-0.25, -0.2) is 0 Å². The lowest BCUT2D eigenvalue weighted by molar-refractivity contribution is 0.633. The van der Waals surface area contributed by atoms with E-state index in [1.807, 2.05) is 6.92 Å². The second-order valence-corrected chi connectivity index (χ2v) is 5.47. The summed E-state index contributed by atoms with van der Waals surface area (Å²) in [4.78, 5) is 0. The summed E-state index contributed by atoms with van der Waals surface area (Å²) in [5.74, 6) is 0.571. The summed E-state index contributed by atoms with van der Waals surface area (Å²) in [6.07, 6.45) is 2.42. The average Bonchev–Trinajstić information content (AvgIpc) is 2.75. The normalized spacial score (nSPS) is 12.6. The number of nitrogens with two attached hydrogens (primary N) is 1. The van der Waals surface area contributed by atoms with E-state index in [4.69, 9.17) is 5.73 Å². The molecule has 1 unspecified atom stereocenters. The van der Waals surface area contributed by atoms with Gasteiger partial charge in [-0.2, -0.15) is 0 Å². The summed E-state index contributed by atoms with van der Waals surface area (Å²) in [7, 11) is 0. The first-order valence-corrected chi connectivity index (χ1v) is 7.09. The predicted molar refractivity (Wildman–Crippen MR) is 83.0 cm³/mol. The molecule has 0 saturated carbocycles. The molecule has 2 N–H and O–H groups in total. The molecule has 102 valence electrons. The second-order valence-electron chi connectivity index (χ2n) is 5.47. The van der Waals surface area contributed by atoms with E-state index in [0.29, 0.717) is 5.92 Å². The van der Waals surface area contributed by atoms with E-state index in [1.165, 1.54) is 29.9 Å². The predicted octanol–water partition coefficient (Wildman–Crippen LogP) is 4.58. The number of hydrogen-bond acceptors (Lipinski definition) is 1. The number of nitrogens with zero attached hydrogens (tertiary/aromatic N) is 1. The SMILES string of the molecule is CCCC(C)c1ccc(C)n1-c1ccc(C)c(N)c1. The van der Waals surface area contributed by atoms with Crippen molar-refractivity contribution in [2.45, 2.75) is 46.5 Å². The fraction of sp³-hybridized carbons (Fsp3) is 0.412. The van der Waals surface area contributed by atoms with E-state index in [2.05, 4.69) is 55.7 Å². The van der Waals surface area contributed by atoms with Crippen LogP contribution in [-0.4, -0.2) is 4.57 Å². The van der Waals surface area contributed by atoms with Crippen LogP contribution in [0.15, 0.2) is 30.3 Å². The molecule has 2 aromatic rings. The summed E-state index contributed by atoms with van der Waals surface area (Å²) >= 11 is 0. The molecule has 2 nitrogen and oxygen atoms in total. The molecule has 0 radical (unpaired) electrons. The molecule has 2 heteroatoms. The summed E-state index contributed by atoms with van der Waals surface area (Å²) in [5, 5.41) is 0. The topological polar surface area (TPSA) is 30.9 Å². The third-order valence-electron chi connectivity index (χ3n) is 3.85. The summed E-state index contributed by atoms with van der Waals surface area (Å²) in [6.45, 7) is 8.73. The molecular formula is C17H24N2. The van der Waals surface area contributed by atoms with Gasteiger partial charge >= 0.3 is 0 Å². The van der Waals surface area contributed by atoms with Crippen LogP contribution in [0, 0.1) is 13.8 Å². The Morgan fingerprint density at radius 2 is 1.89 bits per heavy atom. The quantitative estimate of drug-likeness (QED) is 0.797. The zero-order chi connectivity index (χ0) is 14.0. The highest BCUT2D eigenvalue weighted by Crippen LogP contribution is 2.27. The molecule has 19 heavy (non-hydrogen) atoms. The van der Waals surface area contributed by atoms with Crippen molar-refractivity contribution >= 4 is 5.69 Å². The van der Waals surface area contributed by atoms with Gasteiger partial charge in [-0.15, -0.1) is 0 Å². The molecule has 0 aliphatic carbocycles. The highest BCUT2D eigenvalue weighted by molar-refractivity contribution is 5.54. The van der Waals surface area contributed by atoms with Crippen LogP contribution in [0.4, 0.5) is 5.69 Å². The maximum Gasteiger partial charge on any atom is 0.0475 e. The van der Waals surface area contributed by atoms with E-state index >= 15 is 0 Å². The van der Waals surface area contributed by atoms with E-state index < -0.39 is 0 Å². The molecule has 2 rings (SSSR count). The van der Waals surface area contributed by atoms with Crippen LogP contribution >= 0.6 is 0 Å². The summed E-state index contributed by atoms with van der Waals surface area (Å²) < 4.78 is 2.33. The molecule has 0 saturated heterocycles. The lowest BCUT2D eigenvalue weighted by Crippen LogP contribution is -2.06. The van der Waals surface area contributed by atoms with Crippen LogP contribution in [0.2, 0.25) is 0 Å². The zero-order valence-corrected chi connectivity index (χ0v) is 12.4. The molecule has 0 spiro atoms. The largest absolute Gasteiger partial charge is 0.398 e. The molecule has 0 fully saturated rings. The van der Waals surface area contributed by atoms with Crippen molar-refractivity contribution in [1.82, 2.24) is 4.57 Å². The van der Waals surface area contributed by atoms with Gasteiger partial charge in [0.1, 0.15) is 0 Å². The van der Waals surface area contributed by atoms with Gasteiger partial charge in [-0.1, -0.05) is 26.3 Å². The fourth-order valence-corrected chi connectivity index (χ4v) is 2.64. The molecule has 0 aliphatic heterocycles. The van der Waals surface area contributed by atoms with Crippen LogP contribution in [0.1, 0.15) is 49.6 Å². The Labute approximate surface area is 116 Å². The molecular weight excluding hydrogens is 232 g/mol. The Morgan fingerprint density at radius 1 is 1.16 bits per heavy atom. The summed E-state index contributed by atoms with van der Waals surface area (Å²) in [6, 6.07) is 10.8. The highest BCUT2D eigenvalue weighted by atomic mass is 15.0. The first kappa shape index (κ1) is 13.7. The van der Waals surface area contributed by atoms with Gasteiger partial charge in [0.25, 0.3) is 0 Å². The first-order valence-electron chi connectivity index (χ1n) is 7.09. The van der Waals surface area contributed by atoms with E-state index in [-0.39, 0.29) is 0 Å². The van der Waals surface area contributed by atoms with Crippen molar-refractivity contribution in [2.24, 2.45) is 0 Å². The van der Waals surface area contributed by atoms with E-state index in [9.17, 15) is 0 Å². The minimum atomic E-state index is 0.571. The molecule has 1 aromatic carbocycles. The van der Waals surface area contributed by atoms with Crippen molar-refractivity contribution in [3.8, 4) is 5.69 Å². The number of nitrogen functional groups attached to an aromatic ring is 1. The molecule has 0 bridgehead atoms. The number of aromatic nitrogens is 1. The lowest BCUT2D eigenvalue weighted by atomic mass is 10.0. The van der Waals surface area contributed by atoms with Crippen LogP contribution in [0.25, 0.3) is 5.69 Å². The van der Waals surface area contributed by atoms with Crippen LogP contribution in [-0.2, 0) is 0 Å². The Balaban J connectivity index is 2.48. The first-order chi connectivity index (χ1) is 9.04. The Kier molecular flexibility index (Phi) is 3.98. The molecule has 1 atom stereocenters. The fourth-order valence-electron chi connectivity index (χ4n) is 2.64. The Bertz CT molecular complexity index is 567. The standard InChI is InChI=1S/C17H24N2/c1-5-6-13(3)17-10-8-14(4)19(17)15-9-7-12(2)16(18)11-15/h7-11,13H,5-6,18H2,1-4H3. The van der Waals surface area contributed by atoms with Crippen molar-refractivity contribution in [3.05, 3.63) is 47.3 Å². The van der Waals surface area contributed by atoms with Crippen LogP contribution in [0.5, 0.6) is 0 Å². The number of aryl methyl sites for hydroxylation is 2. The Morgan fingerprint density at radius 3 is 2.53 bits per heavy atom. The molecule has 1 heterocycles. The minimum absolute atomic E-state index is 0.571. The van der Waals surface area contributed by atoms with Gasteiger partial charge in [0.2, 0.25) is 0 Å². The highest BCUT2D eigenvalue weighted by Gasteiger charge is 2.13. The molecule has 1 aromatic heterocycles. The third kappa shape index (κ3) is 2.67. The van der Waals surface area contributed by atoms with Gasteiger partial charge in [0.05, 0.1) is 0 Å². The average molecular weight is 256 g/mol. The van der Waals surface area contributed by atoms with E-state index in [0.717, 1.165) is 11.3 Å². The van der Waals surface area contributed by atoms with Crippen LogP contribution in [0.3, 0.4) is 0 Å².